The number of H-pyrrole nitrogens is 1. The van der Waals surface area contributed by atoms with E-state index in [9.17, 15) is 0 Å². The van der Waals surface area contributed by atoms with E-state index < -0.39 is 0 Å². The van der Waals surface area contributed by atoms with Gasteiger partial charge in [-0.2, -0.15) is 0 Å². The molecule has 4 heteroatoms. The van der Waals surface area contributed by atoms with Crippen molar-refractivity contribution in [1.29, 1.82) is 0 Å². The number of rotatable bonds is 4. The zero-order chi connectivity index (χ0) is 13.1. The molecule has 3 nitrogen and oxygen atoms in total. The highest BCUT2D eigenvalue weighted by atomic mass is 32.2. The summed E-state index contributed by atoms with van der Waals surface area (Å²) in [4.78, 5) is 7.83. The molecule has 2 N–H and O–H groups in total. The molecule has 0 bridgehead atoms. The number of para-hydroxylation sites is 2. The normalized spacial score (nSPS) is 11.0. The molecular weight excluding hydrogens is 256 g/mol. The zero-order valence-corrected chi connectivity index (χ0v) is 11.2. The van der Waals surface area contributed by atoms with Crippen molar-refractivity contribution in [1.82, 2.24) is 9.97 Å². The number of aliphatic hydroxyl groups excluding tert-OH is 1. The Morgan fingerprint density at radius 2 is 1.74 bits per heavy atom. The van der Waals surface area contributed by atoms with E-state index in [4.69, 9.17) is 5.11 Å². The first kappa shape index (κ1) is 12.3. The van der Waals surface area contributed by atoms with Crippen LogP contribution in [0.5, 0.6) is 0 Å². The van der Waals surface area contributed by atoms with Crippen molar-refractivity contribution in [3.8, 4) is 0 Å². The second-order valence-electron chi connectivity index (χ2n) is 4.32. The van der Waals surface area contributed by atoms with Gasteiger partial charge in [0.1, 0.15) is 0 Å². The van der Waals surface area contributed by atoms with Crippen LogP contribution in [0.25, 0.3) is 11.0 Å². The van der Waals surface area contributed by atoms with Crippen LogP contribution in [0.15, 0.2) is 53.7 Å². The van der Waals surface area contributed by atoms with E-state index >= 15 is 0 Å². The van der Waals surface area contributed by atoms with E-state index in [1.165, 1.54) is 5.56 Å². The van der Waals surface area contributed by atoms with Crippen LogP contribution in [-0.2, 0) is 12.4 Å². The van der Waals surface area contributed by atoms with Crippen molar-refractivity contribution < 1.29 is 5.11 Å². The van der Waals surface area contributed by atoms with Crippen LogP contribution in [0.3, 0.4) is 0 Å². The minimum absolute atomic E-state index is 0.0942. The molecule has 1 heterocycles. The molecule has 2 aromatic carbocycles. The number of aliphatic hydroxyl groups is 1. The van der Waals surface area contributed by atoms with Gasteiger partial charge in [0.15, 0.2) is 5.16 Å². The number of thioether (sulfide) groups is 1. The fourth-order valence-corrected chi connectivity index (χ4v) is 2.73. The monoisotopic (exact) mass is 270 g/mol. The van der Waals surface area contributed by atoms with Crippen molar-refractivity contribution in [3.05, 3.63) is 59.7 Å². The van der Waals surface area contributed by atoms with Gasteiger partial charge in [0.2, 0.25) is 0 Å². The summed E-state index contributed by atoms with van der Waals surface area (Å²) in [5.41, 5.74) is 4.24. The Balaban J connectivity index is 1.70. The Kier molecular flexibility index (Phi) is 3.53. The molecule has 0 aliphatic heterocycles. The van der Waals surface area contributed by atoms with Gasteiger partial charge < -0.3 is 10.1 Å². The van der Waals surface area contributed by atoms with Gasteiger partial charge in [-0.05, 0) is 23.3 Å². The van der Waals surface area contributed by atoms with Crippen LogP contribution in [0, 0.1) is 0 Å². The highest BCUT2D eigenvalue weighted by Crippen LogP contribution is 2.23. The first-order valence-corrected chi connectivity index (χ1v) is 7.10. The topological polar surface area (TPSA) is 48.9 Å². The molecule has 0 amide bonds. The summed E-state index contributed by atoms with van der Waals surface area (Å²) in [6, 6.07) is 16.0. The van der Waals surface area contributed by atoms with Crippen LogP contribution < -0.4 is 0 Å². The number of imidazole rings is 1. The lowest BCUT2D eigenvalue weighted by atomic mass is 10.2. The Morgan fingerprint density at radius 3 is 2.47 bits per heavy atom. The summed E-state index contributed by atoms with van der Waals surface area (Å²) in [6.07, 6.45) is 0. The Bertz CT molecular complexity index is 643. The Morgan fingerprint density at radius 1 is 1.00 bits per heavy atom. The lowest BCUT2D eigenvalue weighted by Crippen LogP contribution is -1.85. The molecule has 0 saturated carbocycles. The molecule has 0 unspecified atom stereocenters. The van der Waals surface area contributed by atoms with Gasteiger partial charge in [-0.15, -0.1) is 0 Å². The molecule has 0 radical (unpaired) electrons. The molecule has 0 atom stereocenters. The maximum atomic E-state index is 9.00. The summed E-state index contributed by atoms with van der Waals surface area (Å²) >= 11 is 1.68. The van der Waals surface area contributed by atoms with Gasteiger partial charge in [0, 0.05) is 5.75 Å². The average molecular weight is 270 g/mol. The predicted molar refractivity (Wildman–Crippen MR) is 78.0 cm³/mol. The van der Waals surface area contributed by atoms with E-state index in [0.29, 0.717) is 0 Å². The highest BCUT2D eigenvalue weighted by molar-refractivity contribution is 7.98. The lowest BCUT2D eigenvalue weighted by Gasteiger charge is -2.00. The van der Waals surface area contributed by atoms with Gasteiger partial charge in [-0.1, -0.05) is 48.2 Å². The standard InChI is InChI=1S/C15H14N2OS/c18-9-11-5-7-12(8-6-11)10-19-15-16-13-3-1-2-4-14(13)17-15/h1-8,18H,9-10H2,(H,16,17). The second-order valence-corrected chi connectivity index (χ2v) is 5.29. The highest BCUT2D eigenvalue weighted by Gasteiger charge is 2.03. The number of hydrogen-bond acceptors (Lipinski definition) is 3. The first-order chi connectivity index (χ1) is 9.35. The lowest BCUT2D eigenvalue weighted by molar-refractivity contribution is 0.282. The molecule has 0 aliphatic rings. The second kappa shape index (κ2) is 5.47. The van der Waals surface area contributed by atoms with Crippen molar-refractivity contribution in [3.63, 3.8) is 0 Å². The van der Waals surface area contributed by atoms with Gasteiger partial charge in [-0.25, -0.2) is 4.98 Å². The fourth-order valence-electron chi connectivity index (χ4n) is 1.89. The average Bonchev–Trinajstić information content (AvgIpc) is 2.88. The quantitative estimate of drug-likeness (QED) is 0.715. The van der Waals surface area contributed by atoms with Gasteiger partial charge in [-0.3, -0.25) is 0 Å². The van der Waals surface area contributed by atoms with Crippen LogP contribution >= 0.6 is 11.8 Å². The number of aromatic nitrogens is 2. The third-order valence-electron chi connectivity index (χ3n) is 2.95. The van der Waals surface area contributed by atoms with Crippen LogP contribution in [0.4, 0.5) is 0 Å². The maximum absolute atomic E-state index is 9.00. The van der Waals surface area contributed by atoms with Crippen molar-refractivity contribution in [2.45, 2.75) is 17.5 Å². The summed E-state index contributed by atoms with van der Waals surface area (Å²) < 4.78 is 0. The van der Waals surface area contributed by atoms with E-state index in [-0.39, 0.29) is 6.61 Å². The number of benzene rings is 2. The fraction of sp³-hybridized carbons (Fsp3) is 0.133. The number of hydrogen-bond donors (Lipinski definition) is 2. The zero-order valence-electron chi connectivity index (χ0n) is 10.3. The van der Waals surface area contributed by atoms with E-state index in [2.05, 4.69) is 9.97 Å². The van der Waals surface area contributed by atoms with Gasteiger partial charge in [0.25, 0.3) is 0 Å². The summed E-state index contributed by atoms with van der Waals surface area (Å²) in [7, 11) is 0. The molecule has 0 fully saturated rings. The van der Waals surface area contributed by atoms with Crippen molar-refractivity contribution >= 4 is 22.8 Å². The predicted octanol–water partition coefficient (Wildman–Crippen LogP) is 3.35. The van der Waals surface area contributed by atoms with Gasteiger partial charge >= 0.3 is 0 Å². The van der Waals surface area contributed by atoms with E-state index in [0.717, 1.165) is 27.5 Å². The first-order valence-electron chi connectivity index (χ1n) is 6.11. The number of nitrogens with zero attached hydrogens (tertiary/aromatic N) is 1. The third-order valence-corrected chi connectivity index (χ3v) is 3.89. The molecular formula is C15H14N2OS. The SMILES string of the molecule is OCc1ccc(CSc2nc3ccccc3[nH]2)cc1. The minimum Gasteiger partial charge on any atom is -0.392 e. The van der Waals surface area contributed by atoms with E-state index in [1.54, 1.807) is 11.8 Å². The molecule has 0 saturated heterocycles. The van der Waals surface area contributed by atoms with Crippen molar-refractivity contribution in [2.75, 3.05) is 0 Å². The molecule has 0 spiro atoms. The van der Waals surface area contributed by atoms with Crippen LogP contribution in [-0.4, -0.2) is 15.1 Å². The Labute approximate surface area is 115 Å². The number of fused-ring (bicyclic) bond motifs is 1. The number of aromatic amines is 1. The van der Waals surface area contributed by atoms with Crippen molar-refractivity contribution in [2.24, 2.45) is 0 Å². The van der Waals surface area contributed by atoms with Gasteiger partial charge in [0.05, 0.1) is 17.6 Å². The molecule has 19 heavy (non-hydrogen) atoms. The molecule has 3 aromatic rings. The smallest absolute Gasteiger partial charge is 0.166 e. The number of nitrogens with one attached hydrogen (secondary N) is 1. The minimum atomic E-state index is 0.0942. The molecule has 1 aromatic heterocycles. The Hall–Kier alpha value is -1.78. The third kappa shape index (κ3) is 2.80. The van der Waals surface area contributed by atoms with Crippen LogP contribution in [0.1, 0.15) is 11.1 Å². The largest absolute Gasteiger partial charge is 0.392 e. The summed E-state index contributed by atoms with van der Waals surface area (Å²) in [6.45, 7) is 0.0942. The molecule has 96 valence electrons. The van der Waals surface area contributed by atoms with E-state index in [1.807, 2.05) is 48.5 Å². The maximum Gasteiger partial charge on any atom is 0.166 e. The summed E-state index contributed by atoms with van der Waals surface area (Å²) in [5, 5.41) is 9.93. The van der Waals surface area contributed by atoms with Crippen LogP contribution in [0.2, 0.25) is 0 Å². The molecule has 0 aliphatic carbocycles. The summed E-state index contributed by atoms with van der Waals surface area (Å²) in [5.74, 6) is 0.867. The molecule has 3 rings (SSSR count).